The Morgan fingerprint density at radius 1 is 0.622 bits per heavy atom. The predicted molar refractivity (Wildman–Crippen MR) is 166 cm³/mol. The molecule has 0 nitrogen and oxygen atoms in total. The van der Waals surface area contributed by atoms with Gasteiger partial charge in [-0.25, -0.2) is 0 Å². The van der Waals surface area contributed by atoms with Gasteiger partial charge in [0.15, 0.2) is 0 Å². The van der Waals surface area contributed by atoms with E-state index in [2.05, 4.69) is 142 Å². The van der Waals surface area contributed by atoms with Gasteiger partial charge in [-0.3, -0.25) is 0 Å². The molecule has 0 aliphatic heterocycles. The van der Waals surface area contributed by atoms with E-state index in [1.807, 2.05) is 17.8 Å². The Labute approximate surface area is 227 Å². The van der Waals surface area contributed by atoms with Gasteiger partial charge < -0.3 is 0 Å². The van der Waals surface area contributed by atoms with Crippen LogP contribution < -0.4 is 0 Å². The predicted octanol–water partition coefficient (Wildman–Crippen LogP) is 10.5. The zero-order valence-corrected chi connectivity index (χ0v) is 22.8. The molecule has 0 N–H and O–H groups in total. The van der Waals surface area contributed by atoms with Crippen LogP contribution in [0.1, 0.15) is 60.9 Å². The van der Waals surface area contributed by atoms with Crippen molar-refractivity contribution in [2.24, 2.45) is 0 Å². The van der Waals surface area contributed by atoms with Crippen molar-refractivity contribution in [1.82, 2.24) is 0 Å². The third-order valence-corrected chi connectivity index (χ3v) is 7.98. The number of thioether (sulfide) groups is 1. The van der Waals surface area contributed by atoms with E-state index in [0.717, 1.165) is 19.3 Å². The third kappa shape index (κ3) is 6.81. The lowest BCUT2D eigenvalue weighted by molar-refractivity contribution is 0.841. The molecule has 0 spiro atoms. The first-order valence-electron chi connectivity index (χ1n) is 13.2. The topological polar surface area (TPSA) is 0 Å². The van der Waals surface area contributed by atoms with E-state index >= 15 is 0 Å². The Kier molecular flexibility index (Phi) is 9.80. The average Bonchev–Trinajstić information content (AvgIpc) is 2.97. The molecule has 186 valence electrons. The largest absolute Gasteiger partial charge is 0.122 e. The summed E-state index contributed by atoms with van der Waals surface area (Å²) in [5.74, 6) is 0. The minimum Gasteiger partial charge on any atom is -0.122 e. The third-order valence-electron chi connectivity index (χ3n) is 6.46. The zero-order chi connectivity index (χ0) is 25.9. The van der Waals surface area contributed by atoms with Gasteiger partial charge in [-0.15, -0.1) is 18.3 Å². The van der Waals surface area contributed by atoms with Gasteiger partial charge >= 0.3 is 0 Å². The quantitative estimate of drug-likeness (QED) is 0.146. The first kappa shape index (κ1) is 26.5. The lowest BCUT2D eigenvalue weighted by Crippen LogP contribution is -2.00. The number of allylic oxidation sites excluding steroid dienone is 2. The molecule has 0 amide bonds. The maximum atomic E-state index is 3.96. The molecule has 1 heteroatoms. The van der Waals surface area contributed by atoms with E-state index in [9.17, 15) is 0 Å². The lowest BCUT2D eigenvalue weighted by Gasteiger charge is -2.19. The minimum atomic E-state index is 0.553. The molecular weight excluding hydrogens is 464 g/mol. The summed E-state index contributed by atoms with van der Waals surface area (Å²) in [5.41, 5.74) is 8.65. The van der Waals surface area contributed by atoms with Gasteiger partial charge in [0.1, 0.15) is 0 Å². The smallest absolute Gasteiger partial charge is 0.0126 e. The van der Waals surface area contributed by atoms with Crippen LogP contribution in [-0.4, -0.2) is 5.25 Å². The molecule has 0 aliphatic rings. The fourth-order valence-electron chi connectivity index (χ4n) is 4.61. The standard InChI is InChI=1S/C36H36S/c1-4-16-33(6-3)37-34(17-5-2)28-24-26-32(27-25-28)36(31-22-14-9-15-23-31)35(29-18-10-7-11-19-29)30-20-12-8-13-21-30/h4,7-15,17-27,33H,1,5-6,16H2,2-3H3/b34-17-. The molecule has 37 heavy (non-hydrogen) atoms. The molecule has 0 fully saturated rings. The second kappa shape index (κ2) is 13.7. The van der Waals surface area contributed by atoms with Crippen LogP contribution in [0, 0.1) is 0 Å². The van der Waals surface area contributed by atoms with Gasteiger partial charge in [0.2, 0.25) is 0 Å². The lowest BCUT2D eigenvalue weighted by atomic mass is 9.85. The Balaban J connectivity index is 1.87. The summed E-state index contributed by atoms with van der Waals surface area (Å²) < 4.78 is 0. The fraction of sp³-hybridized carbons (Fsp3) is 0.167. The normalized spacial score (nSPS) is 12.1. The van der Waals surface area contributed by atoms with Crippen molar-refractivity contribution in [3.63, 3.8) is 0 Å². The molecule has 0 aliphatic carbocycles. The minimum absolute atomic E-state index is 0.553. The van der Waals surface area contributed by atoms with Crippen LogP contribution >= 0.6 is 11.8 Å². The Morgan fingerprint density at radius 3 is 1.41 bits per heavy atom. The first-order chi connectivity index (χ1) is 18.2. The molecule has 0 aromatic heterocycles. The van der Waals surface area contributed by atoms with Crippen molar-refractivity contribution in [2.45, 2.75) is 38.4 Å². The molecule has 0 saturated carbocycles. The molecule has 0 saturated heterocycles. The van der Waals surface area contributed by atoms with Crippen molar-refractivity contribution in [3.05, 3.63) is 162 Å². The Bertz CT molecular complexity index is 1270. The summed E-state index contributed by atoms with van der Waals surface area (Å²) in [4.78, 5) is 1.36. The van der Waals surface area contributed by atoms with Crippen LogP contribution in [0.2, 0.25) is 0 Å². The number of hydrogen-bond donors (Lipinski definition) is 0. The first-order valence-corrected chi connectivity index (χ1v) is 14.1. The summed E-state index contributed by atoms with van der Waals surface area (Å²) in [6.07, 6.45) is 7.58. The van der Waals surface area contributed by atoms with E-state index < -0.39 is 0 Å². The van der Waals surface area contributed by atoms with Crippen LogP contribution in [0.4, 0.5) is 0 Å². The molecule has 1 atom stereocenters. The van der Waals surface area contributed by atoms with Crippen molar-refractivity contribution >= 4 is 27.8 Å². The molecular formula is C36H36S. The van der Waals surface area contributed by atoms with E-state index in [1.54, 1.807) is 0 Å². The number of rotatable bonds is 11. The molecule has 0 radical (unpaired) electrons. The number of hydrogen-bond acceptors (Lipinski definition) is 1. The van der Waals surface area contributed by atoms with Crippen molar-refractivity contribution in [1.29, 1.82) is 0 Å². The van der Waals surface area contributed by atoms with Gasteiger partial charge in [0, 0.05) is 10.2 Å². The Hall–Kier alpha value is -3.55. The van der Waals surface area contributed by atoms with Crippen LogP contribution in [-0.2, 0) is 0 Å². The van der Waals surface area contributed by atoms with E-state index in [0.29, 0.717) is 5.25 Å². The van der Waals surface area contributed by atoms with E-state index in [1.165, 1.54) is 43.9 Å². The van der Waals surface area contributed by atoms with Gasteiger partial charge in [-0.05, 0) is 58.2 Å². The van der Waals surface area contributed by atoms with E-state index in [4.69, 9.17) is 0 Å². The highest BCUT2D eigenvalue weighted by atomic mass is 32.2. The monoisotopic (exact) mass is 500 g/mol. The van der Waals surface area contributed by atoms with Gasteiger partial charge in [0.25, 0.3) is 0 Å². The van der Waals surface area contributed by atoms with Gasteiger partial charge in [-0.2, -0.15) is 0 Å². The molecule has 0 heterocycles. The second-order valence-corrected chi connectivity index (χ2v) is 10.4. The van der Waals surface area contributed by atoms with Crippen molar-refractivity contribution < 1.29 is 0 Å². The molecule has 4 rings (SSSR count). The average molecular weight is 501 g/mol. The van der Waals surface area contributed by atoms with Crippen LogP contribution in [0.15, 0.2) is 134 Å². The summed E-state index contributed by atoms with van der Waals surface area (Å²) in [6.45, 7) is 8.44. The molecule has 4 aromatic carbocycles. The maximum Gasteiger partial charge on any atom is 0.0126 e. The van der Waals surface area contributed by atoms with Crippen molar-refractivity contribution in [2.75, 3.05) is 0 Å². The summed E-state index contributed by atoms with van der Waals surface area (Å²) in [7, 11) is 0. The van der Waals surface area contributed by atoms with Crippen molar-refractivity contribution in [3.8, 4) is 0 Å². The highest BCUT2D eigenvalue weighted by molar-refractivity contribution is 8.08. The number of benzene rings is 4. The van der Waals surface area contributed by atoms with Gasteiger partial charge in [0.05, 0.1) is 0 Å². The summed E-state index contributed by atoms with van der Waals surface area (Å²) in [5, 5.41) is 0.553. The second-order valence-electron chi connectivity index (χ2n) is 9.07. The molecule has 0 bridgehead atoms. The fourth-order valence-corrected chi connectivity index (χ4v) is 5.90. The summed E-state index contributed by atoms with van der Waals surface area (Å²) >= 11 is 1.98. The van der Waals surface area contributed by atoms with Crippen LogP contribution in [0.5, 0.6) is 0 Å². The SMILES string of the molecule is C=CCC(CC)S/C(=C\CC)c1ccc(C(=C(c2ccccc2)c2ccccc2)c2ccccc2)cc1. The molecule has 4 aromatic rings. The van der Waals surface area contributed by atoms with Gasteiger partial charge in [-0.1, -0.05) is 141 Å². The maximum absolute atomic E-state index is 3.96. The summed E-state index contributed by atoms with van der Waals surface area (Å²) in [6, 6.07) is 41.4. The van der Waals surface area contributed by atoms with Crippen LogP contribution in [0.25, 0.3) is 16.1 Å². The van der Waals surface area contributed by atoms with Crippen LogP contribution in [0.3, 0.4) is 0 Å². The van der Waals surface area contributed by atoms with E-state index in [-0.39, 0.29) is 0 Å². The highest BCUT2D eigenvalue weighted by Gasteiger charge is 2.17. The highest BCUT2D eigenvalue weighted by Crippen LogP contribution is 2.39. The molecule has 1 unspecified atom stereocenters. The zero-order valence-electron chi connectivity index (χ0n) is 21.9. The Morgan fingerprint density at radius 2 is 1.03 bits per heavy atom.